The lowest BCUT2D eigenvalue weighted by molar-refractivity contribution is -0.156. The Morgan fingerprint density at radius 3 is 1.74 bits per heavy atom. The molecular formula is C26H39NO11. The molecule has 1 unspecified atom stereocenters. The van der Waals surface area contributed by atoms with Crippen LogP contribution >= 0.6 is 0 Å². The molecule has 0 aliphatic carbocycles. The number of hydrogen-bond acceptors (Lipinski definition) is 12. The van der Waals surface area contributed by atoms with Crippen LogP contribution in [0, 0.1) is 0 Å². The average molecular weight is 542 g/mol. The van der Waals surface area contributed by atoms with Gasteiger partial charge in [0.25, 0.3) is 0 Å². The van der Waals surface area contributed by atoms with E-state index in [4.69, 9.17) is 38.9 Å². The Bertz CT molecular complexity index is 968. The predicted molar refractivity (Wildman–Crippen MR) is 135 cm³/mol. The summed E-state index contributed by atoms with van der Waals surface area (Å²) in [5.74, 6) is -0.986. The summed E-state index contributed by atoms with van der Waals surface area (Å²) in [6.45, 7) is 14.8. The fraction of sp³-hybridized carbons (Fsp3) is 0.615. The van der Waals surface area contributed by atoms with Crippen LogP contribution in [0.25, 0.3) is 0 Å². The zero-order valence-electron chi connectivity index (χ0n) is 23.4. The van der Waals surface area contributed by atoms with Gasteiger partial charge < -0.3 is 38.9 Å². The van der Waals surface area contributed by atoms with Crippen LogP contribution in [0.5, 0.6) is 11.5 Å². The van der Waals surface area contributed by atoms with Gasteiger partial charge >= 0.3 is 24.4 Å². The van der Waals surface area contributed by atoms with Gasteiger partial charge in [0.15, 0.2) is 11.5 Å². The fourth-order valence-corrected chi connectivity index (χ4v) is 2.68. The quantitative estimate of drug-likeness (QED) is 0.248. The van der Waals surface area contributed by atoms with E-state index in [0.29, 0.717) is 5.56 Å². The van der Waals surface area contributed by atoms with Gasteiger partial charge in [-0.3, -0.25) is 4.79 Å². The number of esters is 1. The molecule has 1 rings (SSSR count). The maximum Gasteiger partial charge on any atom is 0.514 e. The van der Waals surface area contributed by atoms with E-state index in [-0.39, 0.29) is 17.9 Å². The van der Waals surface area contributed by atoms with Crippen LogP contribution < -0.4 is 15.2 Å². The van der Waals surface area contributed by atoms with Gasteiger partial charge in [0.05, 0.1) is 12.2 Å². The summed E-state index contributed by atoms with van der Waals surface area (Å²) in [6, 6.07) is 3.17. The third-order valence-electron chi connectivity index (χ3n) is 4.45. The second-order valence-electron chi connectivity index (χ2n) is 10.1. The molecule has 0 radical (unpaired) electrons. The van der Waals surface area contributed by atoms with Crippen molar-refractivity contribution in [3.63, 3.8) is 0 Å². The summed E-state index contributed by atoms with van der Waals surface area (Å²) in [6.07, 6.45) is -5.40. The van der Waals surface area contributed by atoms with Gasteiger partial charge in [0.1, 0.15) is 23.9 Å². The van der Waals surface area contributed by atoms with Crippen molar-refractivity contribution in [1.29, 1.82) is 0 Å². The molecular weight excluding hydrogens is 502 g/mol. The number of benzene rings is 1. The highest BCUT2D eigenvalue weighted by atomic mass is 16.8. The molecule has 0 fully saturated rings. The standard InChI is InChI=1S/C26H39NO11/c1-14(2)32-23(29)36-20-11-10-18(13-21(20)37-24(30)33-15(3)4)12-19(27)22(28)34-16(5)17(6)35-25(31)38-26(7,8)9/h10-11,13-17,19H,12,27H2,1-9H3/t16-,17?,19-/m0/s1. The molecule has 0 aliphatic heterocycles. The summed E-state index contributed by atoms with van der Waals surface area (Å²) in [5.41, 5.74) is 5.76. The first-order chi connectivity index (χ1) is 17.5. The van der Waals surface area contributed by atoms with Crippen LogP contribution in [0.4, 0.5) is 14.4 Å². The first-order valence-corrected chi connectivity index (χ1v) is 12.2. The van der Waals surface area contributed by atoms with Crippen LogP contribution in [0.3, 0.4) is 0 Å². The summed E-state index contributed by atoms with van der Waals surface area (Å²) < 4.78 is 35.9. The number of hydrogen-bond donors (Lipinski definition) is 1. The van der Waals surface area contributed by atoms with Crippen LogP contribution in [-0.4, -0.2) is 60.5 Å². The number of carbonyl (C=O) groups is 4. The Balaban J connectivity index is 2.91. The first-order valence-electron chi connectivity index (χ1n) is 12.2. The molecule has 0 aromatic heterocycles. The zero-order valence-corrected chi connectivity index (χ0v) is 23.4. The maximum absolute atomic E-state index is 12.6. The zero-order chi connectivity index (χ0) is 29.2. The van der Waals surface area contributed by atoms with E-state index in [1.807, 2.05) is 0 Å². The summed E-state index contributed by atoms with van der Waals surface area (Å²) >= 11 is 0. The Labute approximate surface area is 223 Å². The van der Waals surface area contributed by atoms with E-state index in [0.717, 1.165) is 0 Å². The number of rotatable bonds is 10. The molecule has 214 valence electrons. The van der Waals surface area contributed by atoms with Crippen LogP contribution in [0.1, 0.15) is 67.9 Å². The Morgan fingerprint density at radius 1 is 0.737 bits per heavy atom. The molecule has 0 saturated heterocycles. The van der Waals surface area contributed by atoms with Gasteiger partial charge in [-0.25, -0.2) is 14.4 Å². The molecule has 38 heavy (non-hydrogen) atoms. The van der Waals surface area contributed by atoms with Crippen molar-refractivity contribution in [2.45, 2.75) is 105 Å². The molecule has 12 heteroatoms. The van der Waals surface area contributed by atoms with Crippen LogP contribution in [0.15, 0.2) is 18.2 Å². The van der Waals surface area contributed by atoms with Crippen LogP contribution in [0.2, 0.25) is 0 Å². The largest absolute Gasteiger partial charge is 0.514 e. The third-order valence-corrected chi connectivity index (χ3v) is 4.45. The average Bonchev–Trinajstić information content (AvgIpc) is 2.72. The minimum absolute atomic E-state index is 0.0147. The van der Waals surface area contributed by atoms with E-state index in [1.165, 1.54) is 18.2 Å². The lowest BCUT2D eigenvalue weighted by atomic mass is 10.1. The molecule has 2 N–H and O–H groups in total. The smallest absolute Gasteiger partial charge is 0.458 e. The molecule has 1 aromatic carbocycles. The normalized spacial score (nSPS) is 13.7. The maximum atomic E-state index is 12.6. The molecule has 0 aliphatic rings. The highest BCUT2D eigenvalue weighted by molar-refractivity contribution is 5.76. The Hall–Kier alpha value is -3.54. The molecule has 0 saturated carbocycles. The molecule has 0 amide bonds. The molecule has 3 atom stereocenters. The monoisotopic (exact) mass is 541 g/mol. The van der Waals surface area contributed by atoms with Gasteiger partial charge in [0, 0.05) is 0 Å². The van der Waals surface area contributed by atoms with E-state index >= 15 is 0 Å². The highest BCUT2D eigenvalue weighted by Gasteiger charge is 2.27. The fourth-order valence-electron chi connectivity index (χ4n) is 2.68. The minimum atomic E-state index is -1.11. The summed E-state index contributed by atoms with van der Waals surface area (Å²) in [7, 11) is 0. The van der Waals surface area contributed by atoms with Crippen molar-refractivity contribution < 1.29 is 52.3 Å². The first kappa shape index (κ1) is 32.5. The second-order valence-corrected chi connectivity index (χ2v) is 10.1. The van der Waals surface area contributed by atoms with Gasteiger partial charge in [-0.2, -0.15) is 0 Å². The minimum Gasteiger partial charge on any atom is -0.458 e. The lowest BCUT2D eigenvalue weighted by Crippen LogP contribution is -2.40. The van der Waals surface area contributed by atoms with Crippen molar-refractivity contribution in [2.24, 2.45) is 5.73 Å². The van der Waals surface area contributed by atoms with E-state index < -0.39 is 60.5 Å². The molecule has 1 aromatic rings. The van der Waals surface area contributed by atoms with Crippen molar-refractivity contribution in [2.75, 3.05) is 0 Å². The Morgan fingerprint density at radius 2 is 1.24 bits per heavy atom. The third kappa shape index (κ3) is 12.6. The predicted octanol–water partition coefficient (Wildman–Crippen LogP) is 4.68. The van der Waals surface area contributed by atoms with Crippen LogP contribution in [-0.2, 0) is 34.9 Å². The van der Waals surface area contributed by atoms with Crippen molar-refractivity contribution in [3.05, 3.63) is 23.8 Å². The molecule has 0 heterocycles. The van der Waals surface area contributed by atoms with Gasteiger partial charge in [-0.15, -0.1) is 0 Å². The van der Waals surface area contributed by atoms with E-state index in [9.17, 15) is 19.2 Å². The lowest BCUT2D eigenvalue weighted by Gasteiger charge is -2.24. The number of ether oxygens (including phenoxy) is 7. The Kier molecular flexibility index (Phi) is 12.3. The number of carbonyl (C=O) groups excluding carboxylic acids is 4. The highest BCUT2D eigenvalue weighted by Crippen LogP contribution is 2.30. The van der Waals surface area contributed by atoms with Crippen molar-refractivity contribution in [3.8, 4) is 11.5 Å². The van der Waals surface area contributed by atoms with Crippen molar-refractivity contribution >= 4 is 24.4 Å². The van der Waals surface area contributed by atoms with E-state index in [1.54, 1.807) is 62.3 Å². The van der Waals surface area contributed by atoms with Gasteiger partial charge in [0.2, 0.25) is 0 Å². The molecule has 0 bridgehead atoms. The molecule has 0 spiro atoms. The summed E-state index contributed by atoms with van der Waals surface area (Å²) in [4.78, 5) is 48.4. The SMILES string of the molecule is CC(C)OC(=O)Oc1ccc(C[C@H](N)C(=O)O[C@@H](C)C(C)OC(=O)OC(C)(C)C)cc1OC(=O)OC(C)C. The second kappa shape index (κ2) is 14.4. The van der Waals surface area contributed by atoms with E-state index in [2.05, 4.69) is 0 Å². The molecule has 12 nitrogen and oxygen atoms in total. The van der Waals surface area contributed by atoms with Gasteiger partial charge in [-0.1, -0.05) is 6.07 Å². The summed E-state index contributed by atoms with van der Waals surface area (Å²) in [5, 5.41) is 0. The van der Waals surface area contributed by atoms with Crippen molar-refractivity contribution in [1.82, 2.24) is 0 Å². The van der Waals surface area contributed by atoms with Gasteiger partial charge in [-0.05, 0) is 86.4 Å². The topological polar surface area (TPSA) is 159 Å². The number of nitrogens with two attached hydrogens (primary N) is 1.